The minimum absolute atomic E-state index is 0.0901. The van der Waals surface area contributed by atoms with Gasteiger partial charge in [-0.15, -0.1) is 10.2 Å². The molecule has 2 aliphatic carbocycles. The monoisotopic (exact) mass is 507 g/mol. The van der Waals surface area contributed by atoms with Gasteiger partial charge >= 0.3 is 5.69 Å². The van der Waals surface area contributed by atoms with E-state index in [1.165, 1.54) is 36.8 Å². The number of nitrogens with zero attached hydrogens (tertiary/aromatic N) is 6. The molecule has 2 heterocycles. The van der Waals surface area contributed by atoms with Crippen LogP contribution in [0.15, 0.2) is 35.1 Å². The van der Waals surface area contributed by atoms with Crippen molar-refractivity contribution in [3.63, 3.8) is 0 Å². The summed E-state index contributed by atoms with van der Waals surface area (Å²) in [5.74, 6) is 3.99. The summed E-state index contributed by atoms with van der Waals surface area (Å²) in [6.45, 7) is 3.07. The second kappa shape index (κ2) is 12.2. The second-order valence-electron chi connectivity index (χ2n) is 11.1. The van der Waals surface area contributed by atoms with Crippen molar-refractivity contribution in [2.75, 3.05) is 0 Å². The maximum absolute atomic E-state index is 13.4. The van der Waals surface area contributed by atoms with Gasteiger partial charge in [0, 0.05) is 18.9 Å². The number of tetrazole rings is 1. The van der Waals surface area contributed by atoms with Crippen LogP contribution in [0.4, 0.5) is 0 Å². The number of rotatable bonds is 10. The summed E-state index contributed by atoms with van der Waals surface area (Å²) in [7, 11) is 0. The SMILES string of the molecule is CCCCc1nn(CC(O)c2ccccc2)c(=O)n1CC1CCC(C2CCCCC2c2nn[nH]n2)CC1. The van der Waals surface area contributed by atoms with Crippen LogP contribution in [0.5, 0.6) is 0 Å². The Bertz CT molecular complexity index is 1150. The van der Waals surface area contributed by atoms with E-state index < -0.39 is 6.10 Å². The molecule has 2 aromatic heterocycles. The molecule has 9 heteroatoms. The van der Waals surface area contributed by atoms with Gasteiger partial charge in [0.25, 0.3) is 0 Å². The molecule has 0 saturated heterocycles. The smallest absolute Gasteiger partial charge is 0.346 e. The molecular weight excluding hydrogens is 466 g/mol. The molecule has 5 rings (SSSR count). The number of hydrogen-bond donors (Lipinski definition) is 2. The van der Waals surface area contributed by atoms with Gasteiger partial charge in [-0.1, -0.05) is 61.7 Å². The molecule has 2 saturated carbocycles. The first-order valence-corrected chi connectivity index (χ1v) is 14.3. The van der Waals surface area contributed by atoms with Crippen molar-refractivity contribution in [2.24, 2.45) is 17.8 Å². The molecule has 0 spiro atoms. The average Bonchev–Trinajstić information content (AvgIpc) is 3.58. The van der Waals surface area contributed by atoms with E-state index >= 15 is 0 Å². The van der Waals surface area contributed by atoms with Crippen molar-refractivity contribution in [2.45, 2.75) is 103 Å². The predicted octanol–water partition coefficient (Wildman–Crippen LogP) is 4.41. The summed E-state index contributed by atoms with van der Waals surface area (Å²) < 4.78 is 3.38. The second-order valence-corrected chi connectivity index (χ2v) is 11.1. The zero-order chi connectivity index (χ0) is 25.6. The lowest BCUT2D eigenvalue weighted by Gasteiger charge is -2.39. The molecule has 37 heavy (non-hydrogen) atoms. The molecule has 0 bridgehead atoms. The Morgan fingerprint density at radius 2 is 1.86 bits per heavy atom. The maximum Gasteiger partial charge on any atom is 0.346 e. The number of aromatic nitrogens is 7. The Morgan fingerprint density at radius 1 is 1.08 bits per heavy atom. The van der Waals surface area contributed by atoms with Gasteiger partial charge in [0.05, 0.1) is 12.6 Å². The van der Waals surface area contributed by atoms with Crippen molar-refractivity contribution in [3.05, 3.63) is 58.0 Å². The van der Waals surface area contributed by atoms with Gasteiger partial charge in [0.2, 0.25) is 0 Å². The van der Waals surface area contributed by atoms with Crippen LogP contribution in [0.2, 0.25) is 0 Å². The molecule has 9 nitrogen and oxygen atoms in total. The van der Waals surface area contributed by atoms with Crippen molar-refractivity contribution >= 4 is 0 Å². The Kier molecular flexibility index (Phi) is 8.48. The minimum atomic E-state index is -0.751. The van der Waals surface area contributed by atoms with Crippen molar-refractivity contribution in [3.8, 4) is 0 Å². The zero-order valence-corrected chi connectivity index (χ0v) is 22.0. The van der Waals surface area contributed by atoms with Crippen LogP contribution in [0.3, 0.4) is 0 Å². The van der Waals surface area contributed by atoms with E-state index in [9.17, 15) is 9.90 Å². The van der Waals surface area contributed by atoms with Crippen LogP contribution in [-0.2, 0) is 19.5 Å². The zero-order valence-electron chi connectivity index (χ0n) is 22.0. The van der Waals surface area contributed by atoms with E-state index in [1.54, 1.807) is 0 Å². The van der Waals surface area contributed by atoms with E-state index in [0.29, 0.717) is 23.7 Å². The fourth-order valence-corrected chi connectivity index (χ4v) is 6.68. The number of hydrogen-bond acceptors (Lipinski definition) is 6. The van der Waals surface area contributed by atoms with Crippen LogP contribution >= 0.6 is 0 Å². The lowest BCUT2D eigenvalue weighted by molar-refractivity contribution is 0.136. The number of aliphatic hydroxyl groups is 1. The van der Waals surface area contributed by atoms with Crippen molar-refractivity contribution < 1.29 is 5.11 Å². The number of aromatic amines is 1. The minimum Gasteiger partial charge on any atom is -0.386 e. The third kappa shape index (κ3) is 6.03. The largest absolute Gasteiger partial charge is 0.386 e. The fraction of sp³-hybridized carbons (Fsp3) is 0.679. The van der Waals surface area contributed by atoms with Gasteiger partial charge in [-0.3, -0.25) is 4.57 Å². The lowest BCUT2D eigenvalue weighted by Crippen LogP contribution is -2.33. The van der Waals surface area contributed by atoms with Gasteiger partial charge in [0.1, 0.15) is 5.82 Å². The first-order chi connectivity index (χ1) is 18.1. The first-order valence-electron chi connectivity index (χ1n) is 14.3. The molecule has 3 atom stereocenters. The maximum atomic E-state index is 13.4. The van der Waals surface area contributed by atoms with Crippen LogP contribution < -0.4 is 5.69 Å². The lowest BCUT2D eigenvalue weighted by atomic mass is 9.66. The third-order valence-corrected chi connectivity index (χ3v) is 8.73. The van der Waals surface area contributed by atoms with Gasteiger partial charge in [0.15, 0.2) is 5.82 Å². The van der Waals surface area contributed by atoms with Crippen molar-refractivity contribution in [1.82, 2.24) is 35.0 Å². The summed E-state index contributed by atoms with van der Waals surface area (Å²) >= 11 is 0. The van der Waals surface area contributed by atoms with E-state index in [2.05, 4.69) is 32.6 Å². The highest BCUT2D eigenvalue weighted by atomic mass is 16.3. The number of aryl methyl sites for hydroxylation is 1. The molecule has 2 fully saturated rings. The van der Waals surface area contributed by atoms with Gasteiger partial charge in [-0.25, -0.2) is 9.48 Å². The van der Waals surface area contributed by atoms with Gasteiger partial charge in [-0.05, 0) is 68.3 Å². The quantitative estimate of drug-likeness (QED) is 0.420. The van der Waals surface area contributed by atoms with E-state index in [-0.39, 0.29) is 12.2 Å². The molecule has 0 radical (unpaired) electrons. The molecule has 2 aliphatic rings. The summed E-state index contributed by atoms with van der Waals surface area (Å²) in [6, 6.07) is 9.51. The van der Waals surface area contributed by atoms with Gasteiger partial charge < -0.3 is 5.11 Å². The first kappa shape index (κ1) is 25.8. The summed E-state index contributed by atoms with van der Waals surface area (Å²) in [6.07, 6.45) is 11.7. The number of benzene rings is 1. The molecule has 3 unspecified atom stereocenters. The standard InChI is InChI=1S/C28H41N7O2/c1-2-3-13-26-31-35(19-25(36)22-9-5-4-6-10-22)28(37)34(26)18-20-14-16-21(17-15-20)23-11-7-8-12-24(23)27-29-32-33-30-27/h4-6,9-10,20-21,23-25,36H,2-3,7-8,11-19H2,1H3,(H,29,30,32,33). The van der Waals surface area contributed by atoms with Crippen LogP contribution in [0.1, 0.15) is 100 Å². The highest BCUT2D eigenvalue weighted by Crippen LogP contribution is 2.46. The Morgan fingerprint density at radius 3 is 2.59 bits per heavy atom. The number of H-pyrrole nitrogens is 1. The number of nitrogens with one attached hydrogen (secondary N) is 1. The van der Waals surface area contributed by atoms with E-state index in [4.69, 9.17) is 0 Å². The molecule has 0 aliphatic heterocycles. The molecule has 1 aromatic carbocycles. The Balaban J connectivity index is 1.25. The predicted molar refractivity (Wildman–Crippen MR) is 141 cm³/mol. The number of unbranched alkanes of at least 4 members (excludes halogenated alkanes) is 1. The molecule has 3 aromatic rings. The van der Waals surface area contributed by atoms with E-state index in [1.807, 2.05) is 34.9 Å². The Labute approximate surface area is 218 Å². The molecule has 2 N–H and O–H groups in total. The van der Waals surface area contributed by atoms with Crippen LogP contribution in [0.25, 0.3) is 0 Å². The van der Waals surface area contributed by atoms with Gasteiger partial charge in [-0.2, -0.15) is 10.3 Å². The fourth-order valence-electron chi connectivity index (χ4n) is 6.68. The van der Waals surface area contributed by atoms with Crippen LogP contribution in [-0.4, -0.2) is 40.1 Å². The van der Waals surface area contributed by atoms with E-state index in [0.717, 1.165) is 62.3 Å². The highest BCUT2D eigenvalue weighted by molar-refractivity contribution is 5.17. The summed E-state index contributed by atoms with van der Waals surface area (Å²) in [5.41, 5.74) is 0.715. The third-order valence-electron chi connectivity index (χ3n) is 8.73. The number of aliphatic hydroxyl groups excluding tert-OH is 1. The summed E-state index contributed by atoms with van der Waals surface area (Å²) in [4.78, 5) is 13.4. The molecular formula is C28H41N7O2. The Hall–Kier alpha value is -2.81. The highest BCUT2D eigenvalue weighted by Gasteiger charge is 2.37. The molecule has 200 valence electrons. The normalized spacial score (nSPS) is 25.2. The van der Waals surface area contributed by atoms with Crippen molar-refractivity contribution in [1.29, 1.82) is 0 Å². The molecule has 0 amide bonds. The topological polar surface area (TPSA) is 115 Å². The average molecular weight is 508 g/mol. The summed E-state index contributed by atoms with van der Waals surface area (Å²) in [5, 5.41) is 30.5. The van der Waals surface area contributed by atoms with Crippen LogP contribution in [0, 0.1) is 17.8 Å².